The summed E-state index contributed by atoms with van der Waals surface area (Å²) in [7, 11) is 0. The molecule has 0 aromatic rings. The number of allylic oxidation sites excluding steroid dienone is 3. The molecule has 2 rings (SSSR count). The minimum Gasteiger partial charge on any atom is -0.383 e. The second kappa shape index (κ2) is 3.80. The average Bonchev–Trinajstić information content (AvgIpc) is 3.02. The first-order valence-electron chi connectivity index (χ1n) is 5.87. The Kier molecular flexibility index (Phi) is 2.66. The first-order valence-corrected chi connectivity index (χ1v) is 5.87. The lowest BCUT2D eigenvalue weighted by atomic mass is 9.83. The van der Waals surface area contributed by atoms with E-state index >= 15 is 0 Å². The fourth-order valence-electron chi connectivity index (χ4n) is 2.34. The molecule has 0 aromatic carbocycles. The summed E-state index contributed by atoms with van der Waals surface area (Å²) in [4.78, 5) is 0. The van der Waals surface area contributed by atoms with Crippen molar-refractivity contribution in [2.24, 2.45) is 0 Å². The molecule has 0 aromatic heterocycles. The van der Waals surface area contributed by atoms with Crippen LogP contribution in [0.5, 0.6) is 0 Å². The summed E-state index contributed by atoms with van der Waals surface area (Å²) >= 11 is 0. The van der Waals surface area contributed by atoms with Gasteiger partial charge in [0, 0.05) is 11.2 Å². The molecule has 1 saturated carbocycles. The average molecular weight is 191 g/mol. The van der Waals surface area contributed by atoms with Crippen LogP contribution in [0.25, 0.3) is 0 Å². The van der Waals surface area contributed by atoms with Crippen LogP contribution >= 0.6 is 0 Å². The Bertz CT molecular complexity index is 269. The third kappa shape index (κ3) is 2.02. The molecule has 1 nitrogen and oxygen atoms in total. The Morgan fingerprint density at radius 1 is 1.43 bits per heavy atom. The molecule has 0 heterocycles. The van der Waals surface area contributed by atoms with Gasteiger partial charge in [0.05, 0.1) is 0 Å². The second-order valence-electron chi connectivity index (χ2n) is 4.70. The zero-order valence-electron chi connectivity index (χ0n) is 9.40. The van der Waals surface area contributed by atoms with E-state index in [2.05, 4.69) is 31.3 Å². The van der Waals surface area contributed by atoms with Crippen molar-refractivity contribution >= 4 is 0 Å². The van der Waals surface area contributed by atoms with Gasteiger partial charge in [0.25, 0.3) is 0 Å². The largest absolute Gasteiger partial charge is 0.383 e. The van der Waals surface area contributed by atoms with Gasteiger partial charge in [-0.15, -0.1) is 0 Å². The number of rotatable bonds is 3. The molecule has 0 spiro atoms. The third-order valence-corrected chi connectivity index (χ3v) is 3.62. The highest BCUT2D eigenvalue weighted by Crippen LogP contribution is 2.34. The molecule has 1 fully saturated rings. The van der Waals surface area contributed by atoms with E-state index in [0.717, 1.165) is 0 Å². The van der Waals surface area contributed by atoms with Crippen molar-refractivity contribution in [3.63, 3.8) is 0 Å². The molecule has 0 aliphatic heterocycles. The van der Waals surface area contributed by atoms with Crippen molar-refractivity contribution in [3.8, 4) is 0 Å². The summed E-state index contributed by atoms with van der Waals surface area (Å²) in [6.45, 7) is 4.55. The number of nitrogens with one attached hydrogen (secondary N) is 1. The molecule has 1 heteroatoms. The van der Waals surface area contributed by atoms with Crippen molar-refractivity contribution in [2.75, 3.05) is 0 Å². The fraction of sp³-hybridized carbons (Fsp3) is 0.692. The van der Waals surface area contributed by atoms with Gasteiger partial charge in [-0.1, -0.05) is 24.6 Å². The molecular formula is C13H21N. The molecule has 1 atom stereocenters. The molecule has 2 aliphatic carbocycles. The Labute approximate surface area is 87.3 Å². The van der Waals surface area contributed by atoms with Crippen LogP contribution in [0.3, 0.4) is 0 Å². The molecule has 0 amide bonds. The molecule has 1 N–H and O–H groups in total. The minimum absolute atomic E-state index is 0.369. The van der Waals surface area contributed by atoms with E-state index in [9.17, 15) is 0 Å². The zero-order valence-corrected chi connectivity index (χ0v) is 9.40. The van der Waals surface area contributed by atoms with Crippen LogP contribution in [0.2, 0.25) is 0 Å². The van der Waals surface area contributed by atoms with Crippen molar-refractivity contribution in [3.05, 3.63) is 23.4 Å². The summed E-state index contributed by atoms with van der Waals surface area (Å²) in [5, 5.41) is 3.77. The van der Waals surface area contributed by atoms with Crippen molar-refractivity contribution in [2.45, 2.75) is 57.9 Å². The molecule has 0 radical (unpaired) electrons. The Balaban J connectivity index is 2.04. The standard InChI is InChI=1S/C13H21N/c1-3-13(9-5-4-6-10-13)14-11(2)12-7-8-12/h4-5,14H,3,6-10H2,1-2H3. The van der Waals surface area contributed by atoms with Gasteiger partial charge in [-0.05, 0) is 45.4 Å². The Morgan fingerprint density at radius 3 is 2.71 bits per heavy atom. The van der Waals surface area contributed by atoms with E-state index in [1.807, 2.05) is 0 Å². The van der Waals surface area contributed by atoms with Crippen molar-refractivity contribution < 1.29 is 0 Å². The highest BCUT2D eigenvalue weighted by molar-refractivity contribution is 5.24. The zero-order chi connectivity index (χ0) is 10.0. The van der Waals surface area contributed by atoms with Gasteiger partial charge in [0.1, 0.15) is 0 Å². The molecule has 1 unspecified atom stereocenters. The van der Waals surface area contributed by atoms with Crippen LogP contribution in [-0.4, -0.2) is 5.54 Å². The Hall–Kier alpha value is -0.720. The summed E-state index contributed by atoms with van der Waals surface area (Å²) in [6, 6.07) is 0. The topological polar surface area (TPSA) is 12.0 Å². The van der Waals surface area contributed by atoms with Crippen LogP contribution in [0.4, 0.5) is 0 Å². The highest BCUT2D eigenvalue weighted by atomic mass is 15.0. The van der Waals surface area contributed by atoms with Gasteiger partial charge < -0.3 is 5.32 Å². The van der Waals surface area contributed by atoms with Crippen LogP contribution in [-0.2, 0) is 0 Å². The van der Waals surface area contributed by atoms with Crippen molar-refractivity contribution in [1.82, 2.24) is 5.32 Å². The molecule has 2 aliphatic rings. The molecular weight excluding hydrogens is 170 g/mol. The maximum absolute atomic E-state index is 3.77. The third-order valence-electron chi connectivity index (χ3n) is 3.62. The predicted molar refractivity (Wildman–Crippen MR) is 61.1 cm³/mol. The molecule has 0 bridgehead atoms. The maximum Gasteiger partial charge on any atom is 0.0405 e. The summed E-state index contributed by atoms with van der Waals surface area (Å²) in [6.07, 6.45) is 12.3. The first kappa shape index (κ1) is 9.82. The summed E-state index contributed by atoms with van der Waals surface area (Å²) in [5.74, 6) is 0. The van der Waals surface area contributed by atoms with E-state index in [-0.39, 0.29) is 0 Å². The van der Waals surface area contributed by atoms with E-state index in [1.165, 1.54) is 44.2 Å². The van der Waals surface area contributed by atoms with Gasteiger partial charge in [0.2, 0.25) is 0 Å². The molecule has 78 valence electrons. The van der Waals surface area contributed by atoms with E-state index in [1.54, 1.807) is 5.57 Å². The summed E-state index contributed by atoms with van der Waals surface area (Å²) < 4.78 is 0. The van der Waals surface area contributed by atoms with Gasteiger partial charge in [-0.25, -0.2) is 0 Å². The number of hydrogen-bond donors (Lipinski definition) is 1. The van der Waals surface area contributed by atoms with Crippen LogP contribution in [0.15, 0.2) is 23.4 Å². The van der Waals surface area contributed by atoms with Crippen LogP contribution < -0.4 is 5.32 Å². The molecule has 0 saturated heterocycles. The fourth-order valence-corrected chi connectivity index (χ4v) is 2.34. The quantitative estimate of drug-likeness (QED) is 0.673. The lowest BCUT2D eigenvalue weighted by molar-refractivity contribution is 0.311. The second-order valence-corrected chi connectivity index (χ2v) is 4.70. The lowest BCUT2D eigenvalue weighted by Crippen LogP contribution is -2.44. The number of hydrogen-bond acceptors (Lipinski definition) is 1. The Morgan fingerprint density at radius 2 is 2.21 bits per heavy atom. The normalized spacial score (nSPS) is 30.3. The van der Waals surface area contributed by atoms with E-state index in [4.69, 9.17) is 0 Å². The monoisotopic (exact) mass is 191 g/mol. The van der Waals surface area contributed by atoms with Gasteiger partial charge in [-0.3, -0.25) is 0 Å². The van der Waals surface area contributed by atoms with Crippen LogP contribution in [0, 0.1) is 0 Å². The SMILES string of the molecule is CCC1(NC(C)=C2CC2)CC=CCC1. The smallest absolute Gasteiger partial charge is 0.0405 e. The predicted octanol–water partition coefficient (Wildman–Crippen LogP) is 3.53. The van der Waals surface area contributed by atoms with E-state index in [0.29, 0.717) is 5.54 Å². The molecule has 14 heavy (non-hydrogen) atoms. The van der Waals surface area contributed by atoms with Crippen molar-refractivity contribution in [1.29, 1.82) is 0 Å². The van der Waals surface area contributed by atoms with Gasteiger partial charge in [-0.2, -0.15) is 0 Å². The van der Waals surface area contributed by atoms with Crippen LogP contribution in [0.1, 0.15) is 52.4 Å². The minimum atomic E-state index is 0.369. The lowest BCUT2D eigenvalue weighted by Gasteiger charge is -2.36. The van der Waals surface area contributed by atoms with Gasteiger partial charge >= 0.3 is 0 Å². The highest BCUT2D eigenvalue weighted by Gasteiger charge is 2.29. The maximum atomic E-state index is 3.77. The van der Waals surface area contributed by atoms with Gasteiger partial charge in [0.15, 0.2) is 0 Å². The summed E-state index contributed by atoms with van der Waals surface area (Å²) in [5.41, 5.74) is 3.48. The van der Waals surface area contributed by atoms with E-state index < -0.39 is 0 Å². The first-order chi connectivity index (χ1) is 6.76.